The first-order chi connectivity index (χ1) is 12.8. The number of rotatable bonds is 15. The van der Waals surface area contributed by atoms with Gasteiger partial charge in [0.2, 0.25) is 0 Å². The molecule has 1 aliphatic carbocycles. The molecule has 0 unspecified atom stereocenters. The molecule has 0 radical (unpaired) electrons. The van der Waals surface area contributed by atoms with Gasteiger partial charge in [0.25, 0.3) is 0 Å². The van der Waals surface area contributed by atoms with Gasteiger partial charge in [-0.25, -0.2) is 0 Å². The van der Waals surface area contributed by atoms with Crippen molar-refractivity contribution in [2.24, 2.45) is 5.92 Å². The van der Waals surface area contributed by atoms with Gasteiger partial charge in [-0.15, -0.1) is 0 Å². The van der Waals surface area contributed by atoms with Gasteiger partial charge in [0.05, 0.1) is 0 Å². The van der Waals surface area contributed by atoms with Crippen LogP contribution in [0.4, 0.5) is 0 Å². The fourth-order valence-corrected chi connectivity index (χ4v) is 4.00. The number of hydrogen-bond acceptors (Lipinski definition) is 2. The van der Waals surface area contributed by atoms with Crippen LogP contribution in [0.25, 0.3) is 0 Å². The Kier molecular flexibility index (Phi) is 13.9. The van der Waals surface area contributed by atoms with E-state index in [2.05, 4.69) is 43.6 Å². The van der Waals surface area contributed by atoms with E-state index in [1.54, 1.807) is 5.82 Å². The van der Waals surface area contributed by atoms with E-state index in [-0.39, 0.29) is 0 Å². The summed E-state index contributed by atoms with van der Waals surface area (Å²) in [6, 6.07) is 0. The largest absolute Gasteiger partial charge is 0.359 e. The topological polar surface area (TPSA) is 6.48 Å². The molecule has 0 bridgehead atoms. The molecule has 0 aliphatic heterocycles. The molecule has 1 fully saturated rings. The highest BCUT2D eigenvalue weighted by atomic mass is 15.3. The monoisotopic (exact) mass is 364 g/mol. The molecule has 1 aliphatic rings. The lowest BCUT2D eigenvalue weighted by Gasteiger charge is -2.38. The molecule has 26 heavy (non-hydrogen) atoms. The van der Waals surface area contributed by atoms with Crippen LogP contribution in [-0.4, -0.2) is 36.0 Å². The molecule has 0 aromatic heterocycles. The fraction of sp³-hybridized carbons (Fsp3) is 0.917. The summed E-state index contributed by atoms with van der Waals surface area (Å²) in [5.74, 6) is 2.41. The second-order valence-electron chi connectivity index (χ2n) is 8.31. The Morgan fingerprint density at radius 1 is 0.654 bits per heavy atom. The quantitative estimate of drug-likeness (QED) is 0.303. The van der Waals surface area contributed by atoms with Crippen molar-refractivity contribution in [2.75, 3.05) is 26.2 Å². The highest BCUT2D eigenvalue weighted by molar-refractivity contribution is 5.04. The lowest BCUT2D eigenvalue weighted by molar-refractivity contribution is 0.194. The molecule has 0 aromatic rings. The van der Waals surface area contributed by atoms with E-state index in [9.17, 15) is 0 Å². The van der Waals surface area contributed by atoms with E-state index in [1.165, 1.54) is 110 Å². The molecule has 154 valence electrons. The zero-order valence-electron chi connectivity index (χ0n) is 18.6. The SMILES string of the molecule is CCCCN(CCCC)C(=CC1CCCCC1)N(CCCC)CCCC. The Bertz CT molecular complexity index is 306. The molecule has 2 nitrogen and oxygen atoms in total. The second-order valence-corrected chi connectivity index (χ2v) is 8.31. The summed E-state index contributed by atoms with van der Waals surface area (Å²) < 4.78 is 0. The summed E-state index contributed by atoms with van der Waals surface area (Å²) in [4.78, 5) is 5.51. The summed E-state index contributed by atoms with van der Waals surface area (Å²) in [7, 11) is 0. The van der Waals surface area contributed by atoms with E-state index >= 15 is 0 Å². The van der Waals surface area contributed by atoms with Crippen molar-refractivity contribution in [2.45, 2.75) is 111 Å². The minimum atomic E-state index is 0.815. The predicted octanol–water partition coefficient (Wildman–Crippen LogP) is 7.21. The molecular formula is C24H48N2. The fourth-order valence-electron chi connectivity index (χ4n) is 4.00. The minimum Gasteiger partial charge on any atom is -0.359 e. The van der Waals surface area contributed by atoms with Gasteiger partial charge in [-0.3, -0.25) is 0 Å². The Labute approximate surface area is 165 Å². The zero-order valence-corrected chi connectivity index (χ0v) is 18.6. The van der Waals surface area contributed by atoms with Crippen molar-refractivity contribution >= 4 is 0 Å². The molecule has 0 amide bonds. The maximum Gasteiger partial charge on any atom is 0.100 e. The third-order valence-corrected chi connectivity index (χ3v) is 5.81. The Morgan fingerprint density at radius 2 is 1.04 bits per heavy atom. The Balaban J connectivity index is 3.01. The van der Waals surface area contributed by atoms with Crippen LogP contribution in [0, 0.1) is 5.92 Å². The summed E-state index contributed by atoms with van der Waals surface area (Å²) in [5.41, 5.74) is 0. The van der Waals surface area contributed by atoms with Crippen molar-refractivity contribution in [3.8, 4) is 0 Å². The first kappa shape index (κ1) is 23.4. The highest BCUT2D eigenvalue weighted by Crippen LogP contribution is 2.28. The van der Waals surface area contributed by atoms with E-state index in [0.717, 1.165) is 5.92 Å². The number of nitrogens with zero attached hydrogens (tertiary/aromatic N) is 2. The molecule has 0 atom stereocenters. The lowest BCUT2D eigenvalue weighted by Crippen LogP contribution is -2.38. The molecule has 0 heterocycles. The Morgan fingerprint density at radius 3 is 1.38 bits per heavy atom. The van der Waals surface area contributed by atoms with Gasteiger partial charge in [0.15, 0.2) is 0 Å². The summed E-state index contributed by atoms with van der Waals surface area (Å²) in [6.07, 6.45) is 20.3. The van der Waals surface area contributed by atoms with Gasteiger partial charge >= 0.3 is 0 Å². The van der Waals surface area contributed by atoms with E-state index in [4.69, 9.17) is 0 Å². The van der Waals surface area contributed by atoms with Crippen LogP contribution in [0.15, 0.2) is 11.9 Å². The average molecular weight is 365 g/mol. The van der Waals surface area contributed by atoms with Crippen LogP contribution >= 0.6 is 0 Å². The molecule has 0 saturated heterocycles. The first-order valence-electron chi connectivity index (χ1n) is 12.0. The van der Waals surface area contributed by atoms with Gasteiger partial charge in [-0.1, -0.05) is 72.6 Å². The third-order valence-electron chi connectivity index (χ3n) is 5.81. The molecule has 0 N–H and O–H groups in total. The molecule has 1 rings (SSSR count). The van der Waals surface area contributed by atoms with Gasteiger partial charge in [0, 0.05) is 26.2 Å². The average Bonchev–Trinajstić information content (AvgIpc) is 2.68. The van der Waals surface area contributed by atoms with Crippen molar-refractivity contribution in [3.05, 3.63) is 11.9 Å². The van der Waals surface area contributed by atoms with Crippen LogP contribution in [0.1, 0.15) is 111 Å². The summed E-state index contributed by atoms with van der Waals surface area (Å²) in [6.45, 7) is 14.3. The van der Waals surface area contributed by atoms with Crippen molar-refractivity contribution in [1.29, 1.82) is 0 Å². The molecule has 0 spiro atoms. The molecule has 0 aromatic carbocycles. The van der Waals surface area contributed by atoms with Gasteiger partial charge in [-0.2, -0.15) is 0 Å². The Hall–Kier alpha value is -0.660. The normalized spacial score (nSPS) is 15.1. The summed E-state index contributed by atoms with van der Waals surface area (Å²) >= 11 is 0. The standard InChI is InChI=1S/C24H48N2/c1-5-9-18-25(19-10-6-2)24(22-23-16-14-13-15-17-23)26(20-11-7-3)21-12-8-4/h22-23H,5-21H2,1-4H3. The third kappa shape index (κ3) is 9.33. The lowest BCUT2D eigenvalue weighted by atomic mass is 9.89. The van der Waals surface area contributed by atoms with Crippen LogP contribution in [0.2, 0.25) is 0 Å². The van der Waals surface area contributed by atoms with Crippen LogP contribution in [-0.2, 0) is 0 Å². The molecule has 2 heteroatoms. The van der Waals surface area contributed by atoms with Crippen molar-refractivity contribution < 1.29 is 0 Å². The molecular weight excluding hydrogens is 316 g/mol. The number of hydrogen-bond donors (Lipinski definition) is 0. The van der Waals surface area contributed by atoms with Crippen molar-refractivity contribution in [1.82, 2.24) is 9.80 Å². The van der Waals surface area contributed by atoms with E-state index in [0.29, 0.717) is 0 Å². The smallest absolute Gasteiger partial charge is 0.100 e. The molecule has 1 saturated carbocycles. The van der Waals surface area contributed by atoms with Crippen molar-refractivity contribution in [3.63, 3.8) is 0 Å². The maximum absolute atomic E-state index is 2.76. The highest BCUT2D eigenvalue weighted by Gasteiger charge is 2.19. The number of unbranched alkanes of at least 4 members (excludes halogenated alkanes) is 4. The second kappa shape index (κ2) is 15.4. The van der Waals surface area contributed by atoms with Gasteiger partial charge in [0.1, 0.15) is 5.82 Å². The first-order valence-corrected chi connectivity index (χ1v) is 12.0. The van der Waals surface area contributed by atoms with Crippen LogP contribution < -0.4 is 0 Å². The predicted molar refractivity (Wildman–Crippen MR) is 117 cm³/mol. The van der Waals surface area contributed by atoms with Gasteiger partial charge in [-0.05, 0) is 50.5 Å². The minimum absolute atomic E-state index is 0.815. The van der Waals surface area contributed by atoms with Gasteiger partial charge < -0.3 is 9.80 Å². The summed E-state index contributed by atoms with van der Waals surface area (Å²) in [5, 5.41) is 0. The zero-order chi connectivity index (χ0) is 19.0. The van der Waals surface area contributed by atoms with Crippen LogP contribution in [0.5, 0.6) is 0 Å². The van der Waals surface area contributed by atoms with E-state index < -0.39 is 0 Å². The maximum atomic E-state index is 2.76. The number of allylic oxidation sites excluding steroid dienone is 1. The van der Waals surface area contributed by atoms with Crippen LogP contribution in [0.3, 0.4) is 0 Å². The van der Waals surface area contributed by atoms with E-state index in [1.807, 2.05) is 0 Å².